The first kappa shape index (κ1) is 12.0. The molecule has 18 heavy (non-hydrogen) atoms. The zero-order valence-corrected chi connectivity index (χ0v) is 11.5. The highest BCUT2D eigenvalue weighted by Gasteiger charge is 2.34. The Hall–Kier alpha value is -1.03. The van der Waals surface area contributed by atoms with E-state index in [1.807, 2.05) is 17.9 Å². The van der Waals surface area contributed by atoms with Gasteiger partial charge in [-0.3, -0.25) is 9.58 Å². The van der Waals surface area contributed by atoms with E-state index < -0.39 is 0 Å². The SMILES string of the molecule is CCC1CN2CCCCC2CN1c1cnn(C)c1. The molecule has 0 bridgehead atoms. The molecule has 2 aliphatic heterocycles. The van der Waals surface area contributed by atoms with Crippen LogP contribution in [0.15, 0.2) is 12.4 Å². The Kier molecular flexibility index (Phi) is 3.29. The van der Waals surface area contributed by atoms with Crippen LogP contribution >= 0.6 is 0 Å². The van der Waals surface area contributed by atoms with Crippen LogP contribution in [0.3, 0.4) is 0 Å². The van der Waals surface area contributed by atoms with Gasteiger partial charge in [0.25, 0.3) is 0 Å². The number of hydrogen-bond acceptors (Lipinski definition) is 3. The van der Waals surface area contributed by atoms with Crippen LogP contribution in [0, 0.1) is 0 Å². The fourth-order valence-electron chi connectivity index (χ4n) is 3.47. The summed E-state index contributed by atoms with van der Waals surface area (Å²) in [4.78, 5) is 5.30. The molecular formula is C14H24N4. The van der Waals surface area contributed by atoms with Gasteiger partial charge in [-0.1, -0.05) is 13.3 Å². The molecule has 0 aromatic carbocycles. The number of hydrogen-bond donors (Lipinski definition) is 0. The molecule has 1 aromatic heterocycles. The topological polar surface area (TPSA) is 24.3 Å². The smallest absolute Gasteiger partial charge is 0.0755 e. The van der Waals surface area contributed by atoms with Gasteiger partial charge >= 0.3 is 0 Å². The van der Waals surface area contributed by atoms with Gasteiger partial charge < -0.3 is 4.90 Å². The largest absolute Gasteiger partial charge is 0.363 e. The standard InChI is InChI=1S/C14H24N4/c1-3-12-10-17-7-5-4-6-13(17)11-18(12)14-8-15-16(2)9-14/h8-9,12-13H,3-7,10-11H2,1-2H3. The van der Waals surface area contributed by atoms with Gasteiger partial charge in [-0.2, -0.15) is 5.10 Å². The van der Waals surface area contributed by atoms with Crippen LogP contribution in [0.1, 0.15) is 32.6 Å². The molecule has 0 spiro atoms. The van der Waals surface area contributed by atoms with E-state index in [1.54, 1.807) is 0 Å². The predicted molar refractivity (Wildman–Crippen MR) is 73.8 cm³/mol. The summed E-state index contributed by atoms with van der Waals surface area (Å²) in [5.74, 6) is 0. The summed E-state index contributed by atoms with van der Waals surface area (Å²) in [6.07, 6.45) is 9.55. The Bertz CT molecular complexity index is 400. The third-order valence-corrected chi connectivity index (χ3v) is 4.54. The lowest BCUT2D eigenvalue weighted by Crippen LogP contribution is -2.59. The van der Waals surface area contributed by atoms with E-state index in [1.165, 1.54) is 51.0 Å². The van der Waals surface area contributed by atoms with Crippen molar-refractivity contribution in [2.75, 3.05) is 24.5 Å². The molecule has 100 valence electrons. The molecule has 0 amide bonds. The number of piperidine rings is 1. The summed E-state index contributed by atoms with van der Waals surface area (Å²) in [5, 5.41) is 4.33. The minimum atomic E-state index is 0.656. The van der Waals surface area contributed by atoms with Crippen molar-refractivity contribution in [2.45, 2.75) is 44.7 Å². The first-order valence-electron chi connectivity index (χ1n) is 7.27. The van der Waals surface area contributed by atoms with Crippen LogP contribution in [0.4, 0.5) is 5.69 Å². The third-order valence-electron chi connectivity index (χ3n) is 4.54. The maximum absolute atomic E-state index is 4.33. The van der Waals surface area contributed by atoms with Crippen molar-refractivity contribution >= 4 is 5.69 Å². The molecule has 2 saturated heterocycles. The van der Waals surface area contributed by atoms with Crippen molar-refractivity contribution in [3.8, 4) is 0 Å². The number of nitrogens with zero attached hydrogens (tertiary/aromatic N) is 4. The summed E-state index contributed by atoms with van der Waals surface area (Å²) in [6.45, 7) is 6.03. The van der Waals surface area contributed by atoms with Gasteiger partial charge in [0.2, 0.25) is 0 Å². The predicted octanol–water partition coefficient (Wildman–Crippen LogP) is 1.87. The molecule has 1 aromatic rings. The maximum atomic E-state index is 4.33. The minimum absolute atomic E-state index is 0.656. The van der Waals surface area contributed by atoms with E-state index in [0.717, 1.165) is 6.04 Å². The molecule has 0 aliphatic carbocycles. The van der Waals surface area contributed by atoms with Crippen molar-refractivity contribution in [1.82, 2.24) is 14.7 Å². The van der Waals surface area contributed by atoms with E-state index >= 15 is 0 Å². The van der Waals surface area contributed by atoms with Crippen LogP contribution < -0.4 is 4.90 Å². The van der Waals surface area contributed by atoms with Crippen molar-refractivity contribution in [1.29, 1.82) is 0 Å². The molecule has 0 N–H and O–H groups in total. The average Bonchev–Trinajstić information content (AvgIpc) is 2.83. The lowest BCUT2D eigenvalue weighted by molar-refractivity contribution is 0.111. The van der Waals surface area contributed by atoms with Crippen molar-refractivity contribution in [2.24, 2.45) is 7.05 Å². The summed E-state index contributed by atoms with van der Waals surface area (Å²) in [7, 11) is 2.00. The Labute approximate surface area is 110 Å². The number of aryl methyl sites for hydroxylation is 1. The Morgan fingerprint density at radius 3 is 2.94 bits per heavy atom. The molecular weight excluding hydrogens is 224 g/mol. The lowest BCUT2D eigenvalue weighted by atomic mass is 9.95. The van der Waals surface area contributed by atoms with E-state index in [0.29, 0.717) is 6.04 Å². The van der Waals surface area contributed by atoms with Crippen LogP contribution in [0.5, 0.6) is 0 Å². The van der Waals surface area contributed by atoms with E-state index in [-0.39, 0.29) is 0 Å². The average molecular weight is 248 g/mol. The van der Waals surface area contributed by atoms with Crippen molar-refractivity contribution in [3.63, 3.8) is 0 Å². The first-order chi connectivity index (χ1) is 8.78. The second-order valence-electron chi connectivity index (χ2n) is 5.73. The number of rotatable bonds is 2. The summed E-state index contributed by atoms with van der Waals surface area (Å²) in [5.41, 5.74) is 1.30. The van der Waals surface area contributed by atoms with Crippen LogP contribution in [0.2, 0.25) is 0 Å². The Morgan fingerprint density at radius 1 is 1.33 bits per heavy atom. The molecule has 4 heteroatoms. The monoisotopic (exact) mass is 248 g/mol. The second kappa shape index (κ2) is 4.92. The van der Waals surface area contributed by atoms with Gasteiger partial charge in [-0.25, -0.2) is 0 Å². The third kappa shape index (κ3) is 2.14. The molecule has 0 radical (unpaired) electrons. The normalized spacial score (nSPS) is 29.3. The highest BCUT2D eigenvalue weighted by Crippen LogP contribution is 2.28. The van der Waals surface area contributed by atoms with Crippen LogP contribution in [0.25, 0.3) is 0 Å². The van der Waals surface area contributed by atoms with E-state index in [9.17, 15) is 0 Å². The molecule has 3 rings (SSSR count). The Morgan fingerprint density at radius 2 is 2.22 bits per heavy atom. The van der Waals surface area contributed by atoms with Gasteiger partial charge in [0, 0.05) is 38.4 Å². The van der Waals surface area contributed by atoms with Gasteiger partial charge in [0.1, 0.15) is 0 Å². The van der Waals surface area contributed by atoms with Crippen LogP contribution in [-0.2, 0) is 7.05 Å². The highest BCUT2D eigenvalue weighted by molar-refractivity contribution is 5.44. The zero-order valence-electron chi connectivity index (χ0n) is 11.5. The van der Waals surface area contributed by atoms with Gasteiger partial charge in [0.15, 0.2) is 0 Å². The van der Waals surface area contributed by atoms with Crippen molar-refractivity contribution < 1.29 is 0 Å². The van der Waals surface area contributed by atoms with Crippen molar-refractivity contribution in [3.05, 3.63) is 12.4 Å². The molecule has 2 atom stereocenters. The van der Waals surface area contributed by atoms with E-state index in [2.05, 4.69) is 28.0 Å². The quantitative estimate of drug-likeness (QED) is 0.798. The maximum Gasteiger partial charge on any atom is 0.0755 e. The zero-order chi connectivity index (χ0) is 12.5. The summed E-state index contributed by atoms with van der Waals surface area (Å²) in [6, 6.07) is 1.42. The molecule has 2 aliphatic rings. The second-order valence-corrected chi connectivity index (χ2v) is 5.73. The molecule has 3 heterocycles. The Balaban J connectivity index is 1.79. The number of aromatic nitrogens is 2. The van der Waals surface area contributed by atoms with E-state index in [4.69, 9.17) is 0 Å². The molecule has 2 fully saturated rings. The van der Waals surface area contributed by atoms with Gasteiger partial charge in [-0.05, 0) is 25.8 Å². The first-order valence-corrected chi connectivity index (χ1v) is 7.27. The fraction of sp³-hybridized carbons (Fsp3) is 0.786. The summed E-state index contributed by atoms with van der Waals surface area (Å²) < 4.78 is 1.91. The minimum Gasteiger partial charge on any atom is -0.363 e. The number of fused-ring (bicyclic) bond motifs is 1. The number of anilines is 1. The molecule has 0 saturated carbocycles. The molecule has 2 unspecified atom stereocenters. The van der Waals surface area contributed by atoms with Crippen LogP contribution in [-0.4, -0.2) is 46.4 Å². The number of piperazine rings is 1. The fourth-order valence-corrected chi connectivity index (χ4v) is 3.47. The summed E-state index contributed by atoms with van der Waals surface area (Å²) >= 11 is 0. The molecule has 4 nitrogen and oxygen atoms in total. The highest BCUT2D eigenvalue weighted by atomic mass is 15.3. The van der Waals surface area contributed by atoms with Gasteiger partial charge in [0.05, 0.1) is 11.9 Å². The van der Waals surface area contributed by atoms with Gasteiger partial charge in [-0.15, -0.1) is 0 Å². The lowest BCUT2D eigenvalue weighted by Gasteiger charge is -2.49.